The Kier molecular flexibility index (Phi) is 9.03. The Hall–Kier alpha value is -3.04. The molecule has 0 saturated carbocycles. The Balaban J connectivity index is 2.04. The molecule has 3 aromatic carbocycles. The van der Waals surface area contributed by atoms with Gasteiger partial charge >= 0.3 is 11.9 Å². The van der Waals surface area contributed by atoms with Crippen molar-refractivity contribution in [1.29, 1.82) is 0 Å². The van der Waals surface area contributed by atoms with Crippen LogP contribution in [0.1, 0.15) is 13.8 Å². The molecule has 3 rings (SSSR count). The molecule has 0 heterocycles. The number of carbonyl (C=O) groups is 2. The Bertz CT molecular complexity index is 1180. The van der Waals surface area contributed by atoms with E-state index in [9.17, 15) is 9.59 Å². The molecule has 0 spiro atoms. The van der Waals surface area contributed by atoms with Gasteiger partial charge in [-0.05, 0) is 0 Å². The highest BCUT2D eigenvalue weighted by Gasteiger charge is 2.22. The zero-order valence-electron chi connectivity index (χ0n) is 19.2. The van der Waals surface area contributed by atoms with E-state index in [4.69, 9.17) is 74.8 Å². The van der Waals surface area contributed by atoms with Gasteiger partial charge in [-0.25, -0.2) is 0 Å². The highest BCUT2D eigenvalue weighted by molar-refractivity contribution is 6.38. The van der Waals surface area contributed by atoms with Gasteiger partial charge < -0.3 is 28.4 Å². The Morgan fingerprint density at radius 2 is 0.917 bits per heavy atom. The molecule has 190 valence electrons. The molecule has 0 N–H and O–H groups in total. The molecule has 0 atom stereocenters. The maximum atomic E-state index is 11.2. The first-order valence-corrected chi connectivity index (χ1v) is 11.5. The summed E-state index contributed by atoms with van der Waals surface area (Å²) in [6, 6.07) is 8.53. The Labute approximate surface area is 226 Å². The van der Waals surface area contributed by atoms with Gasteiger partial charge in [-0.1, -0.05) is 46.4 Å². The second-order valence-corrected chi connectivity index (χ2v) is 8.61. The second-order valence-electron chi connectivity index (χ2n) is 6.98. The highest BCUT2D eigenvalue weighted by Crippen LogP contribution is 2.49. The van der Waals surface area contributed by atoms with Crippen LogP contribution < -0.4 is 28.4 Å². The molecule has 0 unspecified atom stereocenters. The predicted octanol–water partition coefficient (Wildman–Crippen LogP) is 7.75. The van der Waals surface area contributed by atoms with Crippen molar-refractivity contribution in [3.8, 4) is 46.0 Å². The molecule has 36 heavy (non-hydrogen) atoms. The van der Waals surface area contributed by atoms with Gasteiger partial charge in [-0.3, -0.25) is 9.59 Å². The molecule has 3 aromatic rings. The molecular formula is C24H18Cl4O8. The summed E-state index contributed by atoms with van der Waals surface area (Å²) >= 11 is 25.3. The maximum Gasteiger partial charge on any atom is 0.308 e. The smallest absolute Gasteiger partial charge is 0.308 e. The molecule has 0 aliphatic carbocycles. The normalized spacial score (nSPS) is 10.4. The van der Waals surface area contributed by atoms with E-state index in [2.05, 4.69) is 0 Å². The van der Waals surface area contributed by atoms with Crippen LogP contribution in [0.5, 0.6) is 46.0 Å². The number of hydrogen-bond acceptors (Lipinski definition) is 8. The van der Waals surface area contributed by atoms with E-state index < -0.39 is 11.9 Å². The Morgan fingerprint density at radius 1 is 0.556 bits per heavy atom. The van der Waals surface area contributed by atoms with Crippen LogP contribution in [0.25, 0.3) is 0 Å². The van der Waals surface area contributed by atoms with Crippen LogP contribution in [0.15, 0.2) is 36.4 Å². The number of rotatable bonds is 8. The fourth-order valence-electron chi connectivity index (χ4n) is 2.96. The standard InChI is InChI=1S/C24H18Cl4O8/c1-11(29)33-14-5-16(25)22(17(26)6-14)35-20-9-13(31-3)10-21(24(20)32-4)36-23-18(27)7-15(8-19(23)28)34-12(2)30/h5-10H,1-4H3. The summed E-state index contributed by atoms with van der Waals surface area (Å²) in [5.41, 5.74) is 0. The van der Waals surface area contributed by atoms with Crippen molar-refractivity contribution in [1.82, 2.24) is 0 Å². The lowest BCUT2D eigenvalue weighted by molar-refractivity contribution is -0.132. The van der Waals surface area contributed by atoms with Gasteiger partial charge in [0, 0.05) is 50.2 Å². The zero-order valence-corrected chi connectivity index (χ0v) is 22.3. The van der Waals surface area contributed by atoms with E-state index in [0.717, 1.165) is 0 Å². The first-order chi connectivity index (χ1) is 17.0. The summed E-state index contributed by atoms with van der Waals surface area (Å²) in [6.45, 7) is 2.49. The molecule has 0 bridgehead atoms. The molecule has 0 fully saturated rings. The lowest BCUT2D eigenvalue weighted by atomic mass is 10.2. The summed E-state index contributed by atoms with van der Waals surface area (Å²) in [5.74, 6) is 0.0504. The van der Waals surface area contributed by atoms with Crippen molar-refractivity contribution in [3.63, 3.8) is 0 Å². The Morgan fingerprint density at radius 3 is 1.19 bits per heavy atom. The van der Waals surface area contributed by atoms with Crippen LogP contribution in [0, 0.1) is 0 Å². The molecule has 0 saturated heterocycles. The summed E-state index contributed by atoms with van der Waals surface area (Å²) < 4.78 is 32.8. The molecule has 8 nitrogen and oxygen atoms in total. The van der Waals surface area contributed by atoms with Crippen molar-refractivity contribution < 1.29 is 38.0 Å². The third kappa shape index (κ3) is 6.59. The monoisotopic (exact) mass is 574 g/mol. The lowest BCUT2D eigenvalue weighted by Gasteiger charge is -2.19. The van der Waals surface area contributed by atoms with Gasteiger partial charge in [-0.2, -0.15) is 0 Å². The van der Waals surface area contributed by atoms with E-state index in [1.165, 1.54) is 64.5 Å². The van der Waals surface area contributed by atoms with E-state index in [-0.39, 0.29) is 60.3 Å². The molecule has 0 amide bonds. The van der Waals surface area contributed by atoms with Gasteiger partial charge in [0.05, 0.1) is 34.3 Å². The number of carbonyl (C=O) groups excluding carboxylic acids is 2. The number of benzene rings is 3. The van der Waals surface area contributed by atoms with Crippen molar-refractivity contribution in [2.75, 3.05) is 14.2 Å². The maximum absolute atomic E-state index is 11.2. The minimum absolute atomic E-state index is 0.0635. The number of methoxy groups -OCH3 is 2. The zero-order chi connectivity index (χ0) is 26.6. The molecule has 12 heteroatoms. The number of ether oxygens (including phenoxy) is 6. The molecule has 0 aliphatic rings. The topological polar surface area (TPSA) is 89.5 Å². The van der Waals surface area contributed by atoms with Crippen LogP contribution >= 0.6 is 46.4 Å². The average molecular weight is 576 g/mol. The molecule has 0 aliphatic heterocycles. The minimum atomic E-state index is -0.537. The quantitative estimate of drug-likeness (QED) is 0.199. The van der Waals surface area contributed by atoms with Crippen LogP contribution in [0.4, 0.5) is 0 Å². The van der Waals surface area contributed by atoms with Gasteiger partial charge in [0.15, 0.2) is 23.0 Å². The van der Waals surface area contributed by atoms with Gasteiger partial charge in [-0.15, -0.1) is 0 Å². The SMILES string of the molecule is COc1cc(Oc2c(Cl)cc(OC(C)=O)cc2Cl)c(OC)c(Oc2c(Cl)cc(OC(C)=O)cc2Cl)c1. The van der Waals surface area contributed by atoms with Crippen molar-refractivity contribution in [2.45, 2.75) is 13.8 Å². The fraction of sp³-hybridized carbons (Fsp3) is 0.167. The largest absolute Gasteiger partial charge is 0.496 e. The number of esters is 2. The van der Waals surface area contributed by atoms with Gasteiger partial charge in [0.1, 0.15) is 17.2 Å². The van der Waals surface area contributed by atoms with Crippen molar-refractivity contribution in [2.24, 2.45) is 0 Å². The van der Waals surface area contributed by atoms with Gasteiger partial charge in [0.25, 0.3) is 0 Å². The van der Waals surface area contributed by atoms with Crippen LogP contribution in [0.2, 0.25) is 20.1 Å². The highest BCUT2D eigenvalue weighted by atomic mass is 35.5. The van der Waals surface area contributed by atoms with Crippen molar-refractivity contribution in [3.05, 3.63) is 56.5 Å². The number of hydrogen-bond donors (Lipinski definition) is 0. The molecule has 0 aromatic heterocycles. The third-order valence-electron chi connectivity index (χ3n) is 4.32. The van der Waals surface area contributed by atoms with E-state index in [1.54, 1.807) is 0 Å². The van der Waals surface area contributed by atoms with Crippen molar-refractivity contribution >= 4 is 58.3 Å². The predicted molar refractivity (Wildman–Crippen MR) is 135 cm³/mol. The fourth-order valence-corrected chi connectivity index (χ4v) is 4.05. The van der Waals surface area contributed by atoms with Gasteiger partial charge in [0.2, 0.25) is 5.75 Å². The first-order valence-electron chi connectivity index (χ1n) is 9.99. The summed E-state index contributed by atoms with van der Waals surface area (Å²) in [4.78, 5) is 22.5. The van der Waals surface area contributed by atoms with Crippen LogP contribution in [-0.4, -0.2) is 26.2 Å². The molecular weight excluding hydrogens is 558 g/mol. The summed E-state index contributed by atoms with van der Waals surface area (Å²) in [5, 5.41) is 0.271. The van der Waals surface area contributed by atoms with E-state index >= 15 is 0 Å². The second kappa shape index (κ2) is 11.8. The van der Waals surface area contributed by atoms with E-state index in [0.29, 0.717) is 5.75 Å². The van der Waals surface area contributed by atoms with Crippen LogP contribution in [0.3, 0.4) is 0 Å². The average Bonchev–Trinajstić information content (AvgIpc) is 2.77. The summed E-state index contributed by atoms with van der Waals surface area (Å²) in [7, 11) is 2.83. The van der Waals surface area contributed by atoms with Crippen LogP contribution in [-0.2, 0) is 9.59 Å². The minimum Gasteiger partial charge on any atom is -0.496 e. The molecule has 0 radical (unpaired) electrons. The van der Waals surface area contributed by atoms with E-state index in [1.807, 2.05) is 0 Å². The lowest BCUT2D eigenvalue weighted by Crippen LogP contribution is -2.02. The first kappa shape index (κ1) is 27.5. The third-order valence-corrected chi connectivity index (χ3v) is 5.45. The summed E-state index contributed by atoms with van der Waals surface area (Å²) in [6.07, 6.45) is 0. The number of halogens is 4.